The van der Waals surface area contributed by atoms with E-state index < -0.39 is 6.16 Å². The molecule has 1 fully saturated rings. The van der Waals surface area contributed by atoms with Gasteiger partial charge in [-0.1, -0.05) is 12.8 Å². The van der Waals surface area contributed by atoms with Gasteiger partial charge in [-0.2, -0.15) is 0 Å². The molecule has 0 aliphatic heterocycles. The van der Waals surface area contributed by atoms with Crippen molar-refractivity contribution < 1.29 is 14.6 Å². The number of hydrogen-bond acceptors (Lipinski definition) is 4. The van der Waals surface area contributed by atoms with Crippen LogP contribution in [0.25, 0.3) is 0 Å². The summed E-state index contributed by atoms with van der Waals surface area (Å²) in [5, 5.41) is 10.4. The zero-order chi connectivity index (χ0) is 13.1. The molecule has 1 aromatic rings. The lowest BCUT2D eigenvalue weighted by Gasteiger charge is -2.19. The predicted octanol–water partition coefficient (Wildman–Crippen LogP) is 2.55. The first-order chi connectivity index (χ1) is 8.58. The molecule has 2 N–H and O–H groups in total. The minimum Gasteiger partial charge on any atom is -0.545 e. The zero-order valence-electron chi connectivity index (χ0n) is 9.95. The van der Waals surface area contributed by atoms with Crippen LogP contribution in [-0.2, 0) is 11.3 Å². The second-order valence-corrected chi connectivity index (χ2v) is 5.45. The molecule has 2 rings (SSSR count). The molecular weight excluding hydrogens is 298 g/mol. The molecule has 0 saturated heterocycles. The fourth-order valence-corrected chi connectivity index (χ4v) is 2.89. The van der Waals surface area contributed by atoms with E-state index in [2.05, 4.69) is 20.7 Å². The number of ether oxygens (including phenoxy) is 1. The Balaban J connectivity index is 2.28. The molecule has 4 nitrogen and oxygen atoms in total. The number of halogens is 1. The van der Waals surface area contributed by atoms with Crippen molar-refractivity contribution in [1.29, 1.82) is 0 Å². The van der Waals surface area contributed by atoms with Crippen molar-refractivity contribution in [3.8, 4) is 0 Å². The first-order valence-corrected chi connectivity index (χ1v) is 6.79. The second-order valence-electron chi connectivity index (χ2n) is 4.59. The summed E-state index contributed by atoms with van der Waals surface area (Å²) < 4.78 is 5.41. The van der Waals surface area contributed by atoms with E-state index in [9.17, 15) is 9.90 Å². The smallest absolute Gasteiger partial charge is 0.252 e. The lowest BCUT2D eigenvalue weighted by Crippen LogP contribution is -2.23. The molecule has 1 aromatic carbocycles. The van der Waals surface area contributed by atoms with E-state index in [0.717, 1.165) is 28.4 Å². The predicted molar refractivity (Wildman–Crippen MR) is 69.9 cm³/mol. The van der Waals surface area contributed by atoms with Crippen molar-refractivity contribution in [2.75, 3.05) is 5.73 Å². The Bertz CT molecular complexity index is 456. The van der Waals surface area contributed by atoms with Gasteiger partial charge in [0.25, 0.3) is 6.16 Å². The SMILES string of the molecule is Nc1cc(COC(=O)[O-])c(C2CCCC2)cc1Br. The summed E-state index contributed by atoms with van der Waals surface area (Å²) >= 11 is 3.41. The lowest BCUT2D eigenvalue weighted by atomic mass is 9.93. The summed E-state index contributed by atoms with van der Waals surface area (Å²) in [7, 11) is 0. The van der Waals surface area contributed by atoms with Crippen molar-refractivity contribution in [2.45, 2.75) is 38.2 Å². The van der Waals surface area contributed by atoms with Crippen LogP contribution >= 0.6 is 15.9 Å². The summed E-state index contributed by atoms with van der Waals surface area (Å²) in [5.74, 6) is 0.474. The molecule has 1 saturated carbocycles. The third-order valence-electron chi connectivity index (χ3n) is 3.40. The van der Waals surface area contributed by atoms with Crippen LogP contribution in [0.4, 0.5) is 10.5 Å². The Kier molecular flexibility index (Phi) is 4.11. The van der Waals surface area contributed by atoms with Crippen LogP contribution in [0.15, 0.2) is 16.6 Å². The molecule has 0 amide bonds. The molecule has 0 heterocycles. The molecule has 98 valence electrons. The highest BCUT2D eigenvalue weighted by Crippen LogP contribution is 2.38. The van der Waals surface area contributed by atoms with Crippen LogP contribution in [-0.4, -0.2) is 6.16 Å². The van der Waals surface area contributed by atoms with Gasteiger partial charge in [0.15, 0.2) is 0 Å². The van der Waals surface area contributed by atoms with E-state index in [1.807, 2.05) is 6.07 Å². The number of carboxylic acid groups (broad SMARTS) is 1. The van der Waals surface area contributed by atoms with E-state index in [-0.39, 0.29) is 6.61 Å². The molecule has 0 bridgehead atoms. The van der Waals surface area contributed by atoms with E-state index in [0.29, 0.717) is 11.6 Å². The molecular formula is C13H15BrNO3-. The molecule has 5 heteroatoms. The quantitative estimate of drug-likeness (QED) is 0.687. The Morgan fingerprint density at radius 1 is 1.44 bits per heavy atom. The van der Waals surface area contributed by atoms with Gasteiger partial charge in [-0.25, -0.2) is 0 Å². The minimum absolute atomic E-state index is 0.00560. The first kappa shape index (κ1) is 13.2. The highest BCUT2D eigenvalue weighted by atomic mass is 79.9. The third kappa shape index (κ3) is 2.96. The van der Waals surface area contributed by atoms with Crippen LogP contribution in [0, 0.1) is 0 Å². The second kappa shape index (κ2) is 5.61. The number of carbonyl (C=O) groups excluding carboxylic acids is 1. The van der Waals surface area contributed by atoms with Gasteiger partial charge in [0.05, 0.1) is 6.61 Å². The van der Waals surface area contributed by atoms with Crippen molar-refractivity contribution in [3.63, 3.8) is 0 Å². The van der Waals surface area contributed by atoms with Crippen molar-refractivity contribution in [3.05, 3.63) is 27.7 Å². The molecule has 0 aromatic heterocycles. The van der Waals surface area contributed by atoms with Gasteiger partial charge in [0, 0.05) is 10.2 Å². The van der Waals surface area contributed by atoms with E-state index >= 15 is 0 Å². The molecule has 0 spiro atoms. The van der Waals surface area contributed by atoms with Crippen LogP contribution < -0.4 is 10.8 Å². The number of carbonyl (C=O) groups is 1. The van der Waals surface area contributed by atoms with Gasteiger partial charge in [-0.15, -0.1) is 0 Å². The van der Waals surface area contributed by atoms with E-state index in [1.54, 1.807) is 6.07 Å². The molecule has 0 radical (unpaired) electrons. The average Bonchev–Trinajstić information content (AvgIpc) is 2.83. The molecule has 18 heavy (non-hydrogen) atoms. The number of nitrogen functional groups attached to an aromatic ring is 1. The summed E-state index contributed by atoms with van der Waals surface area (Å²) in [6, 6.07) is 3.76. The van der Waals surface area contributed by atoms with Crippen LogP contribution in [0.1, 0.15) is 42.7 Å². The van der Waals surface area contributed by atoms with Crippen molar-refractivity contribution in [2.24, 2.45) is 0 Å². The normalized spacial score (nSPS) is 15.8. The third-order valence-corrected chi connectivity index (χ3v) is 4.09. The Hall–Kier alpha value is -1.23. The number of rotatable bonds is 3. The maximum absolute atomic E-state index is 10.4. The van der Waals surface area contributed by atoms with Crippen LogP contribution in [0.5, 0.6) is 0 Å². The van der Waals surface area contributed by atoms with Gasteiger partial charge in [-0.05, 0) is 57.9 Å². The van der Waals surface area contributed by atoms with Crippen LogP contribution in [0.2, 0.25) is 0 Å². The van der Waals surface area contributed by atoms with Crippen LogP contribution in [0.3, 0.4) is 0 Å². The summed E-state index contributed by atoms with van der Waals surface area (Å²) in [6.45, 7) is 0.00560. The van der Waals surface area contributed by atoms with Gasteiger partial charge in [0.2, 0.25) is 0 Å². The first-order valence-electron chi connectivity index (χ1n) is 5.99. The zero-order valence-corrected chi connectivity index (χ0v) is 11.5. The monoisotopic (exact) mass is 312 g/mol. The highest BCUT2D eigenvalue weighted by Gasteiger charge is 2.20. The van der Waals surface area contributed by atoms with E-state index in [1.165, 1.54) is 12.8 Å². The molecule has 0 atom stereocenters. The summed E-state index contributed by atoms with van der Waals surface area (Å²) in [6.07, 6.45) is 3.19. The minimum atomic E-state index is -1.51. The Labute approximate surface area is 114 Å². The number of anilines is 1. The molecule has 1 aliphatic carbocycles. The maximum Gasteiger partial charge on any atom is 0.252 e. The fourth-order valence-electron chi connectivity index (χ4n) is 2.53. The molecule has 1 aliphatic rings. The summed E-state index contributed by atoms with van der Waals surface area (Å²) in [5.41, 5.74) is 8.39. The van der Waals surface area contributed by atoms with Gasteiger partial charge in [-0.3, -0.25) is 0 Å². The summed E-state index contributed by atoms with van der Waals surface area (Å²) in [4.78, 5) is 10.4. The lowest BCUT2D eigenvalue weighted by molar-refractivity contribution is -0.284. The highest BCUT2D eigenvalue weighted by molar-refractivity contribution is 9.10. The Morgan fingerprint density at radius 3 is 2.72 bits per heavy atom. The van der Waals surface area contributed by atoms with E-state index in [4.69, 9.17) is 5.73 Å². The van der Waals surface area contributed by atoms with Gasteiger partial charge in [0.1, 0.15) is 0 Å². The van der Waals surface area contributed by atoms with Gasteiger partial charge >= 0.3 is 0 Å². The average molecular weight is 313 g/mol. The largest absolute Gasteiger partial charge is 0.545 e. The fraction of sp³-hybridized carbons (Fsp3) is 0.462. The van der Waals surface area contributed by atoms with Crippen molar-refractivity contribution in [1.82, 2.24) is 0 Å². The molecule has 0 unspecified atom stereocenters. The Morgan fingerprint density at radius 2 is 2.11 bits per heavy atom. The maximum atomic E-state index is 10.4. The number of nitrogens with two attached hydrogens (primary N) is 1. The standard InChI is InChI=1S/C13H16BrNO3/c14-11-6-10(8-3-1-2-4-8)9(5-12(11)15)7-18-13(16)17/h5-6,8H,1-4,7,15H2,(H,16,17)/p-1. The number of benzene rings is 1. The topological polar surface area (TPSA) is 75.4 Å². The van der Waals surface area contributed by atoms with Gasteiger partial charge < -0.3 is 20.4 Å². The number of hydrogen-bond donors (Lipinski definition) is 1. The van der Waals surface area contributed by atoms with Crippen molar-refractivity contribution >= 4 is 27.8 Å².